The van der Waals surface area contributed by atoms with E-state index in [2.05, 4.69) is 13.8 Å². The second-order valence-electron chi connectivity index (χ2n) is 8.66. The lowest BCUT2D eigenvalue weighted by Crippen LogP contribution is -2.38. The van der Waals surface area contributed by atoms with Gasteiger partial charge in [-0.2, -0.15) is 0 Å². The molecular weight excluding hydrogens is 340 g/mol. The summed E-state index contributed by atoms with van der Waals surface area (Å²) in [6.07, 6.45) is 4.70. The van der Waals surface area contributed by atoms with E-state index in [9.17, 15) is 14.4 Å². The number of carbonyl (C=O) groups excluding carboxylic acids is 3. The van der Waals surface area contributed by atoms with Gasteiger partial charge in [0, 0.05) is 18.7 Å². The normalized spacial score (nSPS) is 29.2. The fourth-order valence-electron chi connectivity index (χ4n) is 4.79. The molecule has 4 rings (SSSR count). The van der Waals surface area contributed by atoms with Crippen LogP contribution in [0.5, 0.6) is 0 Å². The van der Waals surface area contributed by atoms with Crippen LogP contribution in [-0.4, -0.2) is 35.7 Å². The van der Waals surface area contributed by atoms with Crippen molar-refractivity contribution in [3.8, 4) is 0 Å². The lowest BCUT2D eigenvalue weighted by atomic mass is 9.76. The van der Waals surface area contributed by atoms with Gasteiger partial charge in [-0.25, -0.2) is 0 Å². The fraction of sp³-hybridized carbons (Fsp3) is 0.591. The summed E-state index contributed by atoms with van der Waals surface area (Å²) in [5.74, 6) is 0.741. The lowest BCUT2D eigenvalue weighted by molar-refractivity contribution is -0.122. The lowest BCUT2D eigenvalue weighted by Gasteiger charge is -2.30. The van der Waals surface area contributed by atoms with Gasteiger partial charge >= 0.3 is 0 Å². The molecule has 1 saturated carbocycles. The van der Waals surface area contributed by atoms with E-state index in [1.165, 1.54) is 4.90 Å². The molecule has 5 heteroatoms. The standard InChI is InChI=1S/C22H28N2O3/c1-14-9-11-23(12-10-14)20(25)16-4-6-17(7-5-16)24-21(26)18-8-3-15(2)13-19(18)22(24)27/h4-7,14-15,18-19H,3,8-13H2,1-2H3/t15-,18-,19-/m0/s1. The first kappa shape index (κ1) is 18.2. The molecule has 3 amide bonds. The van der Waals surface area contributed by atoms with Gasteiger partial charge in [-0.1, -0.05) is 13.8 Å². The molecule has 0 bridgehead atoms. The zero-order valence-corrected chi connectivity index (χ0v) is 16.2. The van der Waals surface area contributed by atoms with E-state index < -0.39 is 0 Å². The highest BCUT2D eigenvalue weighted by Crippen LogP contribution is 2.42. The second-order valence-corrected chi connectivity index (χ2v) is 8.66. The van der Waals surface area contributed by atoms with Crippen molar-refractivity contribution in [3.63, 3.8) is 0 Å². The first-order chi connectivity index (χ1) is 13.0. The molecule has 3 fully saturated rings. The van der Waals surface area contributed by atoms with Crippen LogP contribution in [0.2, 0.25) is 0 Å². The number of carbonyl (C=O) groups is 3. The molecule has 0 aromatic heterocycles. The predicted octanol–water partition coefficient (Wildman–Crippen LogP) is 3.48. The summed E-state index contributed by atoms with van der Waals surface area (Å²) < 4.78 is 0. The zero-order valence-electron chi connectivity index (χ0n) is 16.2. The summed E-state index contributed by atoms with van der Waals surface area (Å²) in [5, 5.41) is 0. The van der Waals surface area contributed by atoms with E-state index in [1.54, 1.807) is 24.3 Å². The quantitative estimate of drug-likeness (QED) is 0.751. The molecule has 0 spiro atoms. The Kier molecular flexibility index (Phi) is 4.79. The maximum Gasteiger partial charge on any atom is 0.253 e. The Morgan fingerprint density at radius 3 is 2.15 bits per heavy atom. The molecule has 3 atom stereocenters. The third-order valence-electron chi connectivity index (χ3n) is 6.63. The molecule has 0 N–H and O–H groups in total. The second kappa shape index (κ2) is 7.10. The molecule has 1 aromatic carbocycles. The molecular formula is C22H28N2O3. The Labute approximate surface area is 160 Å². The first-order valence-electron chi connectivity index (χ1n) is 10.2. The summed E-state index contributed by atoms with van der Waals surface area (Å²) >= 11 is 0. The highest BCUT2D eigenvalue weighted by atomic mass is 16.2. The van der Waals surface area contributed by atoms with Crippen LogP contribution in [-0.2, 0) is 9.59 Å². The zero-order chi connectivity index (χ0) is 19.1. The summed E-state index contributed by atoms with van der Waals surface area (Å²) in [5.41, 5.74) is 1.22. The summed E-state index contributed by atoms with van der Waals surface area (Å²) in [6, 6.07) is 6.99. The number of nitrogens with zero attached hydrogens (tertiary/aromatic N) is 2. The summed E-state index contributed by atoms with van der Waals surface area (Å²) in [6.45, 7) is 5.97. The summed E-state index contributed by atoms with van der Waals surface area (Å²) in [7, 11) is 0. The van der Waals surface area contributed by atoms with Gasteiger partial charge in [0.25, 0.3) is 5.91 Å². The van der Waals surface area contributed by atoms with Crippen molar-refractivity contribution in [1.29, 1.82) is 0 Å². The van der Waals surface area contributed by atoms with Crippen molar-refractivity contribution in [2.45, 2.75) is 46.0 Å². The molecule has 2 aliphatic heterocycles. The van der Waals surface area contributed by atoms with Gasteiger partial charge < -0.3 is 4.90 Å². The van der Waals surface area contributed by atoms with Crippen molar-refractivity contribution < 1.29 is 14.4 Å². The first-order valence-corrected chi connectivity index (χ1v) is 10.2. The Morgan fingerprint density at radius 1 is 0.852 bits per heavy atom. The van der Waals surface area contributed by atoms with Gasteiger partial charge in [0.15, 0.2) is 0 Å². The van der Waals surface area contributed by atoms with E-state index in [-0.39, 0.29) is 29.6 Å². The molecule has 2 saturated heterocycles. The number of likely N-dealkylation sites (tertiary alicyclic amines) is 1. The molecule has 5 nitrogen and oxygen atoms in total. The molecule has 0 unspecified atom stereocenters. The molecule has 2 heterocycles. The van der Waals surface area contributed by atoms with E-state index in [0.717, 1.165) is 45.2 Å². The highest BCUT2D eigenvalue weighted by Gasteiger charge is 2.49. The van der Waals surface area contributed by atoms with Crippen molar-refractivity contribution in [1.82, 2.24) is 4.90 Å². The number of anilines is 1. The van der Waals surface area contributed by atoms with Crippen LogP contribution in [0.15, 0.2) is 24.3 Å². The minimum absolute atomic E-state index is 0.0371. The number of imide groups is 1. The number of hydrogen-bond donors (Lipinski definition) is 0. The SMILES string of the molecule is CC1CCN(C(=O)c2ccc(N3C(=O)[C@H]4CC[C@H](C)C[C@@H]4C3=O)cc2)CC1. The predicted molar refractivity (Wildman–Crippen MR) is 103 cm³/mol. The fourth-order valence-corrected chi connectivity index (χ4v) is 4.79. The van der Waals surface area contributed by atoms with Crippen molar-refractivity contribution in [3.05, 3.63) is 29.8 Å². The maximum atomic E-state index is 12.8. The Morgan fingerprint density at radius 2 is 1.48 bits per heavy atom. The van der Waals surface area contributed by atoms with Gasteiger partial charge in [-0.3, -0.25) is 19.3 Å². The number of amides is 3. The van der Waals surface area contributed by atoms with Crippen molar-refractivity contribution in [2.24, 2.45) is 23.7 Å². The number of piperidine rings is 1. The molecule has 27 heavy (non-hydrogen) atoms. The van der Waals surface area contributed by atoms with Crippen molar-refractivity contribution >= 4 is 23.4 Å². The Balaban J connectivity index is 1.50. The molecule has 144 valence electrons. The van der Waals surface area contributed by atoms with Crippen LogP contribution in [0.3, 0.4) is 0 Å². The van der Waals surface area contributed by atoms with Gasteiger partial charge in [-0.05, 0) is 68.2 Å². The minimum Gasteiger partial charge on any atom is -0.339 e. The molecule has 1 aliphatic carbocycles. The van der Waals surface area contributed by atoms with E-state index in [1.807, 2.05) is 4.90 Å². The largest absolute Gasteiger partial charge is 0.339 e. The molecule has 3 aliphatic rings. The monoisotopic (exact) mass is 368 g/mol. The third kappa shape index (κ3) is 3.28. The number of hydrogen-bond acceptors (Lipinski definition) is 3. The highest BCUT2D eigenvalue weighted by molar-refractivity contribution is 6.22. The number of benzene rings is 1. The number of rotatable bonds is 2. The van der Waals surface area contributed by atoms with E-state index in [4.69, 9.17) is 0 Å². The van der Waals surface area contributed by atoms with Gasteiger partial charge in [0.1, 0.15) is 0 Å². The van der Waals surface area contributed by atoms with Gasteiger partial charge in [0.2, 0.25) is 11.8 Å². The molecule has 0 radical (unpaired) electrons. The average Bonchev–Trinajstić information content (AvgIpc) is 2.92. The average molecular weight is 368 g/mol. The van der Waals surface area contributed by atoms with Crippen molar-refractivity contribution in [2.75, 3.05) is 18.0 Å². The van der Waals surface area contributed by atoms with Crippen LogP contribution in [0.25, 0.3) is 0 Å². The van der Waals surface area contributed by atoms with E-state index >= 15 is 0 Å². The third-order valence-corrected chi connectivity index (χ3v) is 6.63. The van der Waals surface area contributed by atoms with E-state index in [0.29, 0.717) is 23.1 Å². The van der Waals surface area contributed by atoms with Crippen LogP contribution < -0.4 is 4.90 Å². The molecule has 1 aromatic rings. The van der Waals surface area contributed by atoms with Crippen LogP contribution >= 0.6 is 0 Å². The maximum absolute atomic E-state index is 12.8. The number of fused-ring (bicyclic) bond motifs is 1. The Hall–Kier alpha value is -2.17. The Bertz CT molecular complexity index is 749. The summed E-state index contributed by atoms with van der Waals surface area (Å²) in [4.78, 5) is 41.5. The smallest absolute Gasteiger partial charge is 0.253 e. The van der Waals surface area contributed by atoms with Gasteiger partial charge in [0.05, 0.1) is 17.5 Å². The van der Waals surface area contributed by atoms with Crippen LogP contribution in [0.4, 0.5) is 5.69 Å². The topological polar surface area (TPSA) is 57.7 Å². The minimum atomic E-state index is -0.169. The van der Waals surface area contributed by atoms with Crippen LogP contribution in [0.1, 0.15) is 56.3 Å². The van der Waals surface area contributed by atoms with Gasteiger partial charge in [-0.15, -0.1) is 0 Å². The van der Waals surface area contributed by atoms with Crippen LogP contribution in [0, 0.1) is 23.7 Å².